The highest BCUT2D eigenvalue weighted by atomic mass is 32.1. The highest BCUT2D eigenvalue weighted by Crippen LogP contribution is 2.39. The minimum Gasteiger partial charge on any atom is -0.481 e. The van der Waals surface area contributed by atoms with Crippen LogP contribution in [0.3, 0.4) is 0 Å². The fourth-order valence-electron chi connectivity index (χ4n) is 4.45. The molecule has 0 aliphatic heterocycles. The molecule has 0 atom stereocenters. The first kappa shape index (κ1) is 38.2. The highest BCUT2D eigenvalue weighted by molar-refractivity contribution is 7.17. The van der Waals surface area contributed by atoms with Gasteiger partial charge in [-0.1, -0.05) is 0 Å². The van der Waals surface area contributed by atoms with Crippen LogP contribution in [0, 0.1) is 0 Å². The molecule has 4 N–H and O–H groups in total. The van der Waals surface area contributed by atoms with Crippen LogP contribution in [0.2, 0.25) is 0 Å². The first-order chi connectivity index (χ1) is 20.7. The third kappa shape index (κ3) is 12.8. The van der Waals surface area contributed by atoms with Gasteiger partial charge >= 0.3 is 23.9 Å². The second-order valence-electron chi connectivity index (χ2n) is 9.59. The summed E-state index contributed by atoms with van der Waals surface area (Å²) in [5.74, 6) is -2.69. The number of aryl methyl sites for hydroxylation is 2. The molecule has 2 heterocycles. The average molecular weight is 655 g/mol. The van der Waals surface area contributed by atoms with Crippen LogP contribution in [-0.4, -0.2) is 54.1 Å². The Morgan fingerprint density at radius 2 is 1.14 bits per heavy atom. The summed E-state index contributed by atoms with van der Waals surface area (Å²) in [5.41, 5.74) is 9.30. The van der Waals surface area contributed by atoms with Gasteiger partial charge in [0.1, 0.15) is 10.0 Å². The Labute approximate surface area is 265 Å². The maximum absolute atomic E-state index is 12.0. The lowest BCUT2D eigenvalue weighted by Gasteiger charge is -2.12. The molecule has 1 amide bonds. The first-order valence-electron chi connectivity index (χ1n) is 14.3. The second kappa shape index (κ2) is 19.5. The Balaban J connectivity index is 0.000000334. The fourth-order valence-corrected chi connectivity index (χ4v) is 6.92. The van der Waals surface area contributed by atoms with Gasteiger partial charge in [-0.05, 0) is 76.3 Å². The van der Waals surface area contributed by atoms with E-state index < -0.39 is 17.9 Å². The zero-order valence-corrected chi connectivity index (χ0v) is 27.7. The Bertz CT molecular complexity index is 1310. The normalized spacial score (nSPS) is 12.5. The van der Waals surface area contributed by atoms with E-state index in [1.807, 2.05) is 6.92 Å². The molecule has 2 aromatic heterocycles. The number of carboxylic acid groups (broad SMARTS) is 1. The predicted octanol–water partition coefficient (Wildman–Crippen LogP) is 5.33. The van der Waals surface area contributed by atoms with Gasteiger partial charge in [0.25, 0.3) is 5.97 Å². The van der Waals surface area contributed by atoms with Gasteiger partial charge in [0, 0.05) is 37.4 Å². The molecule has 0 aromatic carbocycles. The molecule has 0 fully saturated rings. The van der Waals surface area contributed by atoms with Crippen molar-refractivity contribution in [1.82, 2.24) is 0 Å². The van der Waals surface area contributed by atoms with Crippen LogP contribution in [0.25, 0.3) is 0 Å². The lowest BCUT2D eigenvalue weighted by atomic mass is 9.95. The molecular weight excluding hydrogens is 612 g/mol. The minimum absolute atomic E-state index is 0.154. The molecule has 2 aliphatic carbocycles. The molecule has 4 rings (SSSR count). The monoisotopic (exact) mass is 654 g/mol. The summed E-state index contributed by atoms with van der Waals surface area (Å²) in [7, 11) is 0. The van der Waals surface area contributed by atoms with E-state index in [-0.39, 0.29) is 17.8 Å². The van der Waals surface area contributed by atoms with Gasteiger partial charge in [-0.2, -0.15) is 0 Å². The number of carbonyl (C=O) groups is 6. The number of amides is 1. The Hall–Kier alpha value is -3.78. The van der Waals surface area contributed by atoms with Crippen LogP contribution in [0.15, 0.2) is 0 Å². The molecule has 0 bridgehead atoms. The molecule has 14 heteroatoms. The summed E-state index contributed by atoms with van der Waals surface area (Å²) >= 11 is 3.06. The maximum atomic E-state index is 12.0. The Morgan fingerprint density at radius 3 is 1.55 bits per heavy atom. The number of nitrogen functional groups attached to an aromatic ring is 1. The standard InChI is InChI=1S/C13H17NO3S.C11H15NO2S.C4H6O3.C2H4O2/c1-3-17-13(16)11-9-6-4-5-7-10(9)18-12(11)14-8(2)15;1-2-14-11(13)9-7-5-3-4-6-8(7)15-10(9)12;1-3(5)7-4(2)6;1-2(3)4/h3-7H2,1-2H3,(H,14,15);2-6,12H2,1H3;1-2H3;1H3,(H,3,4). The summed E-state index contributed by atoms with van der Waals surface area (Å²) in [4.78, 5) is 66.0. The van der Waals surface area contributed by atoms with Crippen molar-refractivity contribution in [3.63, 3.8) is 0 Å². The molecule has 0 spiro atoms. The lowest BCUT2D eigenvalue weighted by molar-refractivity contribution is -0.156. The largest absolute Gasteiger partial charge is 0.481 e. The van der Waals surface area contributed by atoms with Crippen molar-refractivity contribution in [1.29, 1.82) is 0 Å². The second-order valence-corrected chi connectivity index (χ2v) is 11.8. The number of fused-ring (bicyclic) bond motifs is 2. The number of hydrogen-bond acceptors (Lipinski definition) is 12. The van der Waals surface area contributed by atoms with Crippen LogP contribution >= 0.6 is 22.7 Å². The number of nitrogens with one attached hydrogen (secondary N) is 1. The Kier molecular flexibility index (Phi) is 16.9. The van der Waals surface area contributed by atoms with Crippen molar-refractivity contribution in [2.75, 3.05) is 24.3 Å². The molecule has 0 saturated heterocycles. The molecule has 2 aromatic rings. The van der Waals surface area contributed by atoms with E-state index in [1.165, 1.54) is 48.3 Å². The van der Waals surface area contributed by atoms with Crippen molar-refractivity contribution in [2.24, 2.45) is 0 Å². The molecule has 244 valence electrons. The fraction of sp³-hybridized carbons (Fsp3) is 0.533. The summed E-state index contributed by atoms with van der Waals surface area (Å²) < 4.78 is 14.1. The number of anilines is 2. The number of ether oxygens (including phenoxy) is 3. The van der Waals surface area contributed by atoms with E-state index in [0.717, 1.165) is 63.0 Å². The number of esters is 4. The topological polar surface area (TPSA) is 188 Å². The average Bonchev–Trinajstić information content (AvgIpc) is 3.44. The molecular formula is C30H42N2O10S2. The number of rotatable bonds is 5. The first-order valence-corrected chi connectivity index (χ1v) is 15.9. The van der Waals surface area contributed by atoms with Crippen LogP contribution < -0.4 is 11.1 Å². The third-order valence-corrected chi connectivity index (χ3v) is 8.23. The lowest BCUT2D eigenvalue weighted by Crippen LogP contribution is -2.13. The predicted molar refractivity (Wildman–Crippen MR) is 168 cm³/mol. The van der Waals surface area contributed by atoms with E-state index in [1.54, 1.807) is 18.3 Å². The quantitative estimate of drug-likeness (QED) is 0.215. The smallest absolute Gasteiger partial charge is 0.341 e. The molecule has 44 heavy (non-hydrogen) atoms. The molecule has 2 aliphatic rings. The number of carbonyl (C=O) groups excluding carboxylic acids is 5. The summed E-state index contributed by atoms with van der Waals surface area (Å²) in [5, 5.41) is 11.4. The van der Waals surface area contributed by atoms with E-state index in [9.17, 15) is 24.0 Å². The van der Waals surface area contributed by atoms with Crippen molar-refractivity contribution in [2.45, 2.75) is 92.9 Å². The van der Waals surface area contributed by atoms with Crippen molar-refractivity contribution >= 4 is 68.4 Å². The minimum atomic E-state index is -0.833. The summed E-state index contributed by atoms with van der Waals surface area (Å²) in [6.07, 6.45) is 8.52. The van der Waals surface area contributed by atoms with Crippen molar-refractivity contribution in [3.8, 4) is 0 Å². The summed E-state index contributed by atoms with van der Waals surface area (Å²) in [6.45, 7) is 9.25. The zero-order chi connectivity index (χ0) is 33.4. The molecule has 0 radical (unpaired) electrons. The SMILES string of the molecule is CC(=O)O.CC(=O)OC(C)=O.CCOC(=O)c1c(N)sc2c1CCCC2.CCOC(=O)c1c(NC(C)=O)sc2c1CCCC2. The van der Waals surface area contributed by atoms with Gasteiger partial charge in [0.05, 0.1) is 24.3 Å². The van der Waals surface area contributed by atoms with Crippen LogP contribution in [0.1, 0.15) is 109 Å². The van der Waals surface area contributed by atoms with Crippen LogP contribution in [0.5, 0.6) is 0 Å². The number of carboxylic acids is 1. The number of hydrogen-bond donors (Lipinski definition) is 3. The van der Waals surface area contributed by atoms with Crippen molar-refractivity contribution < 1.29 is 48.1 Å². The molecule has 0 unspecified atom stereocenters. The maximum Gasteiger partial charge on any atom is 0.341 e. The van der Waals surface area contributed by atoms with Crippen LogP contribution in [-0.2, 0) is 59.1 Å². The van der Waals surface area contributed by atoms with Crippen molar-refractivity contribution in [3.05, 3.63) is 32.0 Å². The third-order valence-electron chi connectivity index (χ3n) is 5.91. The van der Waals surface area contributed by atoms with Gasteiger partial charge in [0.2, 0.25) is 5.91 Å². The van der Waals surface area contributed by atoms with E-state index >= 15 is 0 Å². The Morgan fingerprint density at radius 1 is 0.727 bits per heavy atom. The summed E-state index contributed by atoms with van der Waals surface area (Å²) in [6, 6.07) is 0. The number of nitrogens with two attached hydrogens (primary N) is 1. The van der Waals surface area contributed by atoms with Gasteiger partial charge in [-0.15, -0.1) is 22.7 Å². The molecule has 0 saturated carbocycles. The van der Waals surface area contributed by atoms with E-state index in [4.69, 9.17) is 25.1 Å². The number of thiophene rings is 2. The molecule has 12 nitrogen and oxygen atoms in total. The highest BCUT2D eigenvalue weighted by Gasteiger charge is 2.27. The van der Waals surface area contributed by atoms with E-state index in [0.29, 0.717) is 34.3 Å². The van der Waals surface area contributed by atoms with Gasteiger partial charge in [0.15, 0.2) is 0 Å². The van der Waals surface area contributed by atoms with Gasteiger partial charge in [-0.25, -0.2) is 9.59 Å². The van der Waals surface area contributed by atoms with Crippen LogP contribution in [0.4, 0.5) is 10.0 Å². The van der Waals surface area contributed by atoms with E-state index in [2.05, 4.69) is 10.1 Å². The zero-order valence-electron chi connectivity index (χ0n) is 26.1. The van der Waals surface area contributed by atoms with Gasteiger partial charge in [-0.3, -0.25) is 19.2 Å². The van der Waals surface area contributed by atoms with Gasteiger partial charge < -0.3 is 30.4 Å². The number of aliphatic carboxylic acids is 1.